The first-order valence-corrected chi connectivity index (χ1v) is 10.3. The van der Waals surface area contributed by atoms with E-state index in [0.717, 1.165) is 31.9 Å². The van der Waals surface area contributed by atoms with Gasteiger partial charge in [-0.05, 0) is 64.9 Å². The molecule has 2 aromatic rings. The number of anilines is 1. The summed E-state index contributed by atoms with van der Waals surface area (Å²) in [5.74, 6) is 0.441. The zero-order valence-electron chi connectivity index (χ0n) is 16.9. The Morgan fingerprint density at radius 2 is 2.22 bits per heavy atom. The molecule has 0 N–H and O–H groups in total. The highest BCUT2D eigenvalue weighted by Crippen LogP contribution is 2.27. The molecule has 3 heterocycles. The third kappa shape index (κ3) is 4.68. The summed E-state index contributed by atoms with van der Waals surface area (Å²) in [7, 11) is 2.19. The molecule has 0 aromatic carbocycles. The fraction of sp³-hybridized carbons (Fsp3) is 0.524. The minimum absolute atomic E-state index is 0.138. The van der Waals surface area contributed by atoms with Crippen LogP contribution in [0, 0.1) is 13.8 Å². The summed E-state index contributed by atoms with van der Waals surface area (Å²) in [5.41, 5.74) is 1.93. The topological polar surface area (TPSA) is 45.7 Å². The first kappa shape index (κ1) is 19.8. The Balaban J connectivity index is 1.68. The first-order chi connectivity index (χ1) is 12.8. The molecule has 5 nitrogen and oxygen atoms in total. The van der Waals surface area contributed by atoms with Crippen molar-refractivity contribution in [1.82, 2.24) is 9.88 Å². The van der Waals surface area contributed by atoms with Gasteiger partial charge in [-0.3, -0.25) is 4.90 Å². The quantitative estimate of drug-likeness (QED) is 0.700. The number of thiophene rings is 1. The van der Waals surface area contributed by atoms with Gasteiger partial charge >= 0.3 is 5.97 Å². The summed E-state index contributed by atoms with van der Waals surface area (Å²) in [4.78, 5) is 24.3. The van der Waals surface area contributed by atoms with E-state index < -0.39 is 0 Å². The number of likely N-dealkylation sites (N-methyl/N-ethyl adjacent to an activating group) is 1. The van der Waals surface area contributed by atoms with Crippen LogP contribution in [0.4, 0.5) is 5.82 Å². The SMILES string of the molecule is Cc1cc(CN(C)C2CCN(c3ncccc3C(=O)OC(C)C)C2)sc1C. The summed E-state index contributed by atoms with van der Waals surface area (Å²) in [5, 5.41) is 0. The lowest BCUT2D eigenvalue weighted by atomic mass is 10.2. The molecule has 0 radical (unpaired) electrons. The zero-order valence-corrected chi connectivity index (χ0v) is 17.7. The number of ether oxygens (including phenoxy) is 1. The van der Waals surface area contributed by atoms with Crippen LogP contribution in [0.5, 0.6) is 0 Å². The van der Waals surface area contributed by atoms with Gasteiger partial charge in [0.15, 0.2) is 0 Å². The molecule has 1 atom stereocenters. The van der Waals surface area contributed by atoms with Gasteiger partial charge in [0, 0.05) is 41.6 Å². The Labute approximate surface area is 166 Å². The van der Waals surface area contributed by atoms with Gasteiger partial charge in [0.25, 0.3) is 0 Å². The van der Waals surface area contributed by atoms with Gasteiger partial charge < -0.3 is 9.64 Å². The lowest BCUT2D eigenvalue weighted by molar-refractivity contribution is 0.0378. The number of carbonyl (C=O) groups is 1. The molecule has 1 aliphatic rings. The molecule has 0 bridgehead atoms. The second-order valence-electron chi connectivity index (χ2n) is 7.58. The molecular weight excluding hydrogens is 358 g/mol. The number of nitrogens with zero attached hydrogens (tertiary/aromatic N) is 3. The average molecular weight is 388 g/mol. The Kier molecular flexibility index (Phi) is 6.17. The van der Waals surface area contributed by atoms with E-state index in [4.69, 9.17) is 4.74 Å². The normalized spacial score (nSPS) is 17.1. The van der Waals surface area contributed by atoms with Crippen LogP contribution < -0.4 is 4.90 Å². The number of esters is 1. The molecule has 0 saturated carbocycles. The van der Waals surface area contributed by atoms with E-state index in [-0.39, 0.29) is 12.1 Å². The molecule has 2 aromatic heterocycles. The molecule has 0 spiro atoms. The highest BCUT2D eigenvalue weighted by atomic mass is 32.1. The summed E-state index contributed by atoms with van der Waals surface area (Å²) in [6, 6.07) is 6.34. The van der Waals surface area contributed by atoms with Crippen molar-refractivity contribution >= 4 is 23.1 Å². The molecule has 1 fully saturated rings. The number of rotatable bonds is 6. The van der Waals surface area contributed by atoms with E-state index in [9.17, 15) is 4.79 Å². The fourth-order valence-electron chi connectivity index (χ4n) is 3.48. The van der Waals surface area contributed by atoms with Crippen molar-refractivity contribution in [3.63, 3.8) is 0 Å². The predicted octanol–water partition coefficient (Wildman–Crippen LogP) is 4.04. The average Bonchev–Trinajstić information content (AvgIpc) is 3.21. The van der Waals surface area contributed by atoms with Gasteiger partial charge in [-0.2, -0.15) is 0 Å². The van der Waals surface area contributed by atoms with E-state index >= 15 is 0 Å². The molecule has 146 valence electrons. The minimum Gasteiger partial charge on any atom is -0.459 e. The van der Waals surface area contributed by atoms with E-state index in [0.29, 0.717) is 11.6 Å². The molecule has 6 heteroatoms. The van der Waals surface area contributed by atoms with E-state index in [2.05, 4.69) is 41.7 Å². The third-order valence-electron chi connectivity index (χ3n) is 5.06. The van der Waals surface area contributed by atoms with Crippen LogP contribution in [0.15, 0.2) is 24.4 Å². The highest BCUT2D eigenvalue weighted by Gasteiger charge is 2.29. The molecule has 1 saturated heterocycles. The van der Waals surface area contributed by atoms with E-state index in [1.54, 1.807) is 18.3 Å². The molecule has 1 aliphatic heterocycles. The smallest absolute Gasteiger partial charge is 0.342 e. The lowest BCUT2D eigenvalue weighted by Gasteiger charge is -2.25. The maximum atomic E-state index is 12.4. The molecule has 0 amide bonds. The van der Waals surface area contributed by atoms with E-state index in [1.807, 2.05) is 25.2 Å². The zero-order chi connectivity index (χ0) is 19.6. The van der Waals surface area contributed by atoms with Crippen LogP contribution in [-0.2, 0) is 11.3 Å². The summed E-state index contributed by atoms with van der Waals surface area (Å²) < 4.78 is 5.39. The number of carbonyl (C=O) groups excluding carboxylic acids is 1. The summed E-state index contributed by atoms with van der Waals surface area (Å²) in [6.45, 7) is 10.8. The molecule has 1 unspecified atom stereocenters. The molecule has 0 aliphatic carbocycles. The molecular formula is C21H29N3O2S. The van der Waals surface area contributed by atoms with Crippen LogP contribution in [0.1, 0.15) is 45.9 Å². The Bertz CT molecular complexity index is 783. The van der Waals surface area contributed by atoms with Crippen molar-refractivity contribution in [2.75, 3.05) is 25.0 Å². The van der Waals surface area contributed by atoms with Crippen molar-refractivity contribution in [1.29, 1.82) is 0 Å². The third-order valence-corrected chi connectivity index (χ3v) is 6.20. The van der Waals surface area contributed by atoms with Gasteiger partial charge in [-0.1, -0.05) is 0 Å². The standard InChI is InChI=1S/C21H29N3O2S/c1-14(2)26-21(25)19-7-6-9-22-20(19)24-10-8-17(12-24)23(5)13-18-11-15(3)16(4)27-18/h6-7,9,11,14,17H,8,10,12-13H2,1-5H3. The maximum absolute atomic E-state index is 12.4. The van der Waals surface area contributed by atoms with Gasteiger partial charge in [0.1, 0.15) is 11.4 Å². The van der Waals surface area contributed by atoms with Crippen LogP contribution in [0.3, 0.4) is 0 Å². The number of aromatic nitrogens is 1. The second-order valence-corrected chi connectivity index (χ2v) is 8.93. The number of pyridine rings is 1. The van der Waals surface area contributed by atoms with Gasteiger partial charge in [0.05, 0.1) is 6.10 Å². The van der Waals surface area contributed by atoms with E-state index in [1.165, 1.54) is 15.3 Å². The Hall–Kier alpha value is -1.92. The summed E-state index contributed by atoms with van der Waals surface area (Å²) in [6.07, 6.45) is 2.67. The maximum Gasteiger partial charge on any atom is 0.342 e. The Morgan fingerprint density at radius 3 is 2.89 bits per heavy atom. The largest absolute Gasteiger partial charge is 0.459 e. The van der Waals surface area contributed by atoms with Gasteiger partial charge in [-0.15, -0.1) is 11.3 Å². The van der Waals surface area contributed by atoms with Crippen molar-refractivity contribution in [2.45, 2.75) is 52.8 Å². The van der Waals surface area contributed by atoms with Crippen LogP contribution >= 0.6 is 11.3 Å². The number of hydrogen-bond acceptors (Lipinski definition) is 6. The van der Waals surface area contributed by atoms with Crippen molar-refractivity contribution < 1.29 is 9.53 Å². The summed E-state index contributed by atoms with van der Waals surface area (Å²) >= 11 is 1.88. The predicted molar refractivity (Wildman–Crippen MR) is 111 cm³/mol. The molecule has 27 heavy (non-hydrogen) atoms. The van der Waals surface area contributed by atoms with Crippen molar-refractivity contribution in [3.8, 4) is 0 Å². The van der Waals surface area contributed by atoms with Crippen molar-refractivity contribution in [2.24, 2.45) is 0 Å². The van der Waals surface area contributed by atoms with Gasteiger partial charge in [0.2, 0.25) is 0 Å². The van der Waals surface area contributed by atoms with Gasteiger partial charge in [-0.25, -0.2) is 9.78 Å². The monoisotopic (exact) mass is 387 g/mol. The lowest BCUT2D eigenvalue weighted by Crippen LogP contribution is -2.34. The molecule has 3 rings (SSSR count). The number of aryl methyl sites for hydroxylation is 2. The first-order valence-electron chi connectivity index (χ1n) is 9.52. The fourth-order valence-corrected chi connectivity index (χ4v) is 4.60. The minimum atomic E-state index is -0.297. The van der Waals surface area contributed by atoms with Crippen LogP contribution in [0.25, 0.3) is 0 Å². The Morgan fingerprint density at radius 1 is 1.44 bits per heavy atom. The van der Waals surface area contributed by atoms with Crippen LogP contribution in [-0.4, -0.2) is 48.1 Å². The second kappa shape index (κ2) is 8.40. The van der Waals surface area contributed by atoms with Crippen molar-refractivity contribution in [3.05, 3.63) is 45.3 Å². The van der Waals surface area contributed by atoms with Crippen LogP contribution in [0.2, 0.25) is 0 Å². The highest BCUT2D eigenvalue weighted by molar-refractivity contribution is 7.12. The number of hydrogen-bond donors (Lipinski definition) is 0.